The molecule has 0 aliphatic heterocycles. The summed E-state index contributed by atoms with van der Waals surface area (Å²) in [6.07, 6.45) is 1.57. The summed E-state index contributed by atoms with van der Waals surface area (Å²) >= 11 is 1.46. The van der Waals surface area contributed by atoms with Crippen LogP contribution in [-0.2, 0) is 6.61 Å². The second kappa shape index (κ2) is 8.37. The fraction of sp³-hybridized carbons (Fsp3) is 0.0435. The normalized spacial score (nSPS) is 10.8. The minimum absolute atomic E-state index is 0.197. The Balaban J connectivity index is 1.25. The highest BCUT2D eigenvalue weighted by atomic mass is 32.1. The van der Waals surface area contributed by atoms with E-state index in [-0.39, 0.29) is 5.91 Å². The Hall–Kier alpha value is -4.04. The van der Waals surface area contributed by atoms with Crippen molar-refractivity contribution in [2.24, 2.45) is 0 Å². The van der Waals surface area contributed by atoms with Crippen molar-refractivity contribution in [1.82, 2.24) is 19.8 Å². The number of carbonyl (C=O) groups excluding carboxylic acids is 1. The Bertz CT molecular complexity index is 1300. The summed E-state index contributed by atoms with van der Waals surface area (Å²) in [6.45, 7) is 0.449. The number of anilines is 1. The lowest BCUT2D eigenvalue weighted by Gasteiger charge is -2.09. The zero-order valence-electron chi connectivity index (χ0n) is 16.3. The molecule has 1 amide bonds. The average molecular weight is 427 g/mol. The van der Waals surface area contributed by atoms with Gasteiger partial charge in [0.15, 0.2) is 0 Å². The van der Waals surface area contributed by atoms with Gasteiger partial charge < -0.3 is 10.1 Å². The fourth-order valence-electron chi connectivity index (χ4n) is 3.04. The number of amides is 1. The van der Waals surface area contributed by atoms with Gasteiger partial charge in [0, 0.05) is 16.8 Å². The van der Waals surface area contributed by atoms with Crippen LogP contribution in [0, 0.1) is 0 Å². The number of rotatable bonds is 6. The molecule has 2 heterocycles. The number of carbonyl (C=O) groups is 1. The molecule has 0 aliphatic carbocycles. The third-order valence-corrected chi connectivity index (χ3v) is 5.58. The van der Waals surface area contributed by atoms with Crippen LogP contribution in [0.1, 0.15) is 15.9 Å². The predicted molar refractivity (Wildman–Crippen MR) is 119 cm³/mol. The van der Waals surface area contributed by atoms with Crippen molar-refractivity contribution in [2.75, 3.05) is 5.32 Å². The van der Waals surface area contributed by atoms with E-state index in [2.05, 4.69) is 20.6 Å². The van der Waals surface area contributed by atoms with Gasteiger partial charge in [-0.15, -0.1) is 10.2 Å². The number of nitrogens with one attached hydrogen (secondary N) is 1. The molecule has 5 aromatic rings. The quantitative estimate of drug-likeness (QED) is 0.425. The summed E-state index contributed by atoms with van der Waals surface area (Å²) in [7, 11) is 0. The number of hydrogen-bond acceptors (Lipinski definition) is 6. The van der Waals surface area contributed by atoms with Crippen molar-refractivity contribution in [3.63, 3.8) is 0 Å². The third-order valence-electron chi connectivity index (χ3n) is 4.62. The maximum atomic E-state index is 12.7. The van der Waals surface area contributed by atoms with Crippen molar-refractivity contribution in [2.45, 2.75) is 6.61 Å². The second-order valence-corrected chi connectivity index (χ2v) is 7.75. The summed E-state index contributed by atoms with van der Waals surface area (Å²) < 4.78 is 7.46. The smallest absolute Gasteiger partial charge is 0.255 e. The molecule has 1 N–H and O–H groups in total. The molecule has 0 saturated carbocycles. The van der Waals surface area contributed by atoms with E-state index in [1.807, 2.05) is 66.7 Å². The van der Waals surface area contributed by atoms with E-state index in [0.29, 0.717) is 23.6 Å². The Labute approximate surface area is 182 Å². The molecular formula is C23H17N5O2S. The topological polar surface area (TPSA) is 81.4 Å². The molecule has 3 aromatic carbocycles. The minimum atomic E-state index is -0.197. The largest absolute Gasteiger partial charge is 0.489 e. The van der Waals surface area contributed by atoms with Gasteiger partial charge in [-0.25, -0.2) is 0 Å². The van der Waals surface area contributed by atoms with Crippen molar-refractivity contribution in [3.05, 3.63) is 96.3 Å². The van der Waals surface area contributed by atoms with Crippen LogP contribution < -0.4 is 10.1 Å². The molecule has 0 fully saturated rings. The summed E-state index contributed by atoms with van der Waals surface area (Å²) in [5.74, 6) is 0.451. The van der Waals surface area contributed by atoms with Crippen molar-refractivity contribution < 1.29 is 9.53 Å². The molecule has 5 rings (SSSR count). The minimum Gasteiger partial charge on any atom is -0.489 e. The van der Waals surface area contributed by atoms with E-state index in [9.17, 15) is 4.79 Å². The van der Waals surface area contributed by atoms with Gasteiger partial charge in [-0.3, -0.25) is 4.79 Å². The molecule has 0 bridgehead atoms. The van der Waals surface area contributed by atoms with E-state index >= 15 is 0 Å². The number of aromatic nitrogens is 4. The summed E-state index contributed by atoms with van der Waals surface area (Å²) in [5.41, 5.74) is 3.25. The first kappa shape index (κ1) is 19.0. The summed E-state index contributed by atoms with van der Waals surface area (Å²) in [6, 6.07) is 24.6. The van der Waals surface area contributed by atoms with Crippen molar-refractivity contribution in [1.29, 1.82) is 0 Å². The number of nitrogens with zero attached hydrogens (tertiary/aromatic N) is 4. The molecule has 0 saturated heterocycles. The Morgan fingerprint density at radius 1 is 1.00 bits per heavy atom. The van der Waals surface area contributed by atoms with E-state index < -0.39 is 0 Å². The van der Waals surface area contributed by atoms with Gasteiger partial charge in [0.05, 0.1) is 0 Å². The first-order chi connectivity index (χ1) is 15.2. The monoisotopic (exact) mass is 427 g/mol. The Kier molecular flexibility index (Phi) is 5.12. The predicted octanol–water partition coefficient (Wildman–Crippen LogP) is 4.68. The van der Waals surface area contributed by atoms with Gasteiger partial charge in [0.1, 0.15) is 23.7 Å². The first-order valence-electron chi connectivity index (χ1n) is 9.60. The number of benzene rings is 3. The van der Waals surface area contributed by atoms with Crippen LogP contribution in [0.4, 0.5) is 5.69 Å². The van der Waals surface area contributed by atoms with Gasteiger partial charge in [-0.1, -0.05) is 47.7 Å². The standard InChI is InChI=1S/C23H17N5O2S/c29-21(18-7-4-8-20(13-18)30-14-16-5-2-1-3-6-16)25-19-11-9-17(10-12-19)22-27-28-15-24-26-23(28)31-22/h1-13,15H,14H2,(H,25,29). The number of hydrogen-bond donors (Lipinski definition) is 1. The van der Waals surface area contributed by atoms with Gasteiger partial charge in [-0.2, -0.15) is 9.61 Å². The van der Waals surface area contributed by atoms with Crippen LogP contribution in [0.15, 0.2) is 85.2 Å². The molecule has 0 atom stereocenters. The van der Waals surface area contributed by atoms with Gasteiger partial charge >= 0.3 is 0 Å². The lowest BCUT2D eigenvalue weighted by atomic mass is 10.1. The molecule has 2 aromatic heterocycles. The molecule has 0 spiro atoms. The Morgan fingerprint density at radius 2 is 1.84 bits per heavy atom. The molecule has 152 valence electrons. The maximum absolute atomic E-state index is 12.7. The van der Waals surface area contributed by atoms with E-state index in [1.54, 1.807) is 23.0 Å². The van der Waals surface area contributed by atoms with Crippen LogP contribution in [0.3, 0.4) is 0 Å². The third kappa shape index (κ3) is 4.29. The van der Waals surface area contributed by atoms with Gasteiger partial charge in [-0.05, 0) is 48.0 Å². The average Bonchev–Trinajstić information content (AvgIpc) is 3.42. The van der Waals surface area contributed by atoms with E-state index in [1.165, 1.54) is 11.3 Å². The van der Waals surface area contributed by atoms with Crippen LogP contribution in [-0.4, -0.2) is 25.7 Å². The SMILES string of the molecule is O=C(Nc1ccc(-c2nn3cnnc3s2)cc1)c1cccc(OCc2ccccc2)c1. The molecule has 31 heavy (non-hydrogen) atoms. The molecule has 0 aliphatic rings. The summed E-state index contributed by atoms with van der Waals surface area (Å²) in [4.78, 5) is 13.4. The van der Waals surface area contributed by atoms with Crippen LogP contribution in [0.25, 0.3) is 15.5 Å². The molecular weight excluding hydrogens is 410 g/mol. The maximum Gasteiger partial charge on any atom is 0.255 e. The molecule has 7 nitrogen and oxygen atoms in total. The second-order valence-electron chi connectivity index (χ2n) is 6.80. The van der Waals surface area contributed by atoms with Crippen LogP contribution >= 0.6 is 11.3 Å². The van der Waals surface area contributed by atoms with Gasteiger partial charge in [0.25, 0.3) is 5.91 Å². The zero-order chi connectivity index (χ0) is 21.0. The summed E-state index contributed by atoms with van der Waals surface area (Å²) in [5, 5.41) is 16.0. The lowest BCUT2D eigenvalue weighted by Crippen LogP contribution is -2.11. The van der Waals surface area contributed by atoms with Gasteiger partial charge in [0.2, 0.25) is 4.96 Å². The lowest BCUT2D eigenvalue weighted by molar-refractivity contribution is 0.102. The molecule has 0 unspecified atom stereocenters. The molecule has 8 heteroatoms. The highest BCUT2D eigenvalue weighted by Crippen LogP contribution is 2.26. The number of fused-ring (bicyclic) bond motifs is 1. The number of ether oxygens (including phenoxy) is 1. The first-order valence-corrected chi connectivity index (χ1v) is 10.4. The zero-order valence-corrected chi connectivity index (χ0v) is 17.1. The van der Waals surface area contributed by atoms with Crippen molar-refractivity contribution >= 4 is 27.9 Å². The highest BCUT2D eigenvalue weighted by molar-refractivity contribution is 7.19. The van der Waals surface area contributed by atoms with Crippen LogP contribution in [0.2, 0.25) is 0 Å². The highest BCUT2D eigenvalue weighted by Gasteiger charge is 2.10. The van der Waals surface area contributed by atoms with E-state index in [4.69, 9.17) is 4.74 Å². The van der Waals surface area contributed by atoms with Crippen molar-refractivity contribution in [3.8, 4) is 16.3 Å². The Morgan fingerprint density at radius 3 is 2.65 bits per heavy atom. The molecule has 0 radical (unpaired) electrons. The van der Waals surface area contributed by atoms with E-state index in [0.717, 1.165) is 21.1 Å². The van der Waals surface area contributed by atoms with Crippen LogP contribution in [0.5, 0.6) is 5.75 Å². The fourth-order valence-corrected chi connectivity index (χ4v) is 3.87.